The zero-order valence-corrected chi connectivity index (χ0v) is 11.5. The second kappa shape index (κ2) is 5.19. The van der Waals surface area contributed by atoms with Crippen LogP contribution in [0, 0.1) is 6.92 Å². The van der Waals surface area contributed by atoms with Crippen molar-refractivity contribution in [2.45, 2.75) is 39.3 Å². The predicted octanol–water partition coefficient (Wildman–Crippen LogP) is 1.81. The van der Waals surface area contributed by atoms with Crippen LogP contribution in [-0.4, -0.2) is 36.0 Å². The fourth-order valence-electron chi connectivity index (χ4n) is 2.37. The molecule has 0 aromatic carbocycles. The first-order valence-electron chi connectivity index (χ1n) is 6.13. The van der Waals surface area contributed by atoms with Crippen molar-refractivity contribution < 1.29 is 4.79 Å². The van der Waals surface area contributed by atoms with E-state index in [0.717, 1.165) is 13.1 Å². The van der Waals surface area contributed by atoms with Gasteiger partial charge < -0.3 is 10.2 Å². The van der Waals surface area contributed by atoms with Crippen molar-refractivity contribution in [3.8, 4) is 0 Å². The lowest BCUT2D eigenvalue weighted by Gasteiger charge is -2.36. The molecule has 0 saturated carbocycles. The Balaban J connectivity index is 1.95. The topological polar surface area (TPSA) is 32.3 Å². The lowest BCUT2D eigenvalue weighted by atomic mass is 10.1. The fraction of sp³-hybridized carbons (Fsp3) is 0.615. The highest BCUT2D eigenvalue weighted by Gasteiger charge is 2.24. The predicted molar refractivity (Wildman–Crippen MR) is 71.4 cm³/mol. The summed E-state index contributed by atoms with van der Waals surface area (Å²) in [7, 11) is 0. The molecule has 1 saturated heterocycles. The van der Waals surface area contributed by atoms with Crippen molar-refractivity contribution in [2.24, 2.45) is 0 Å². The summed E-state index contributed by atoms with van der Waals surface area (Å²) >= 11 is 1.72. The molecule has 1 aliphatic rings. The summed E-state index contributed by atoms with van der Waals surface area (Å²) in [4.78, 5) is 16.6. The van der Waals surface area contributed by atoms with Crippen molar-refractivity contribution in [3.63, 3.8) is 0 Å². The second-order valence-electron chi connectivity index (χ2n) is 4.96. The van der Waals surface area contributed by atoms with Gasteiger partial charge in [0.25, 0.3) is 0 Å². The number of aryl methyl sites for hydroxylation is 1. The molecular weight excluding hydrogens is 232 g/mol. The van der Waals surface area contributed by atoms with Gasteiger partial charge in [0, 0.05) is 34.9 Å². The van der Waals surface area contributed by atoms with E-state index in [4.69, 9.17) is 0 Å². The summed E-state index contributed by atoms with van der Waals surface area (Å²) in [6.07, 6.45) is 0.554. The molecule has 2 heterocycles. The van der Waals surface area contributed by atoms with Crippen LogP contribution < -0.4 is 5.32 Å². The van der Waals surface area contributed by atoms with Crippen LogP contribution >= 0.6 is 11.3 Å². The maximum Gasteiger partial charge on any atom is 0.227 e. The normalized spacial score (nSPS) is 25.0. The van der Waals surface area contributed by atoms with E-state index in [0.29, 0.717) is 18.5 Å². The zero-order chi connectivity index (χ0) is 12.4. The number of piperazine rings is 1. The molecule has 3 nitrogen and oxygen atoms in total. The molecular formula is C13H20N2OS. The molecule has 0 radical (unpaired) electrons. The molecule has 94 valence electrons. The number of carbonyl (C=O) groups excluding carboxylic acids is 1. The van der Waals surface area contributed by atoms with Gasteiger partial charge in [-0.1, -0.05) is 0 Å². The number of hydrogen-bond donors (Lipinski definition) is 1. The van der Waals surface area contributed by atoms with Crippen molar-refractivity contribution >= 4 is 17.2 Å². The van der Waals surface area contributed by atoms with Crippen molar-refractivity contribution in [2.75, 3.05) is 13.1 Å². The molecule has 2 unspecified atom stereocenters. The van der Waals surface area contributed by atoms with Crippen molar-refractivity contribution in [1.82, 2.24) is 10.2 Å². The second-order valence-corrected chi connectivity index (χ2v) is 6.33. The van der Waals surface area contributed by atoms with E-state index in [9.17, 15) is 4.79 Å². The van der Waals surface area contributed by atoms with Crippen LogP contribution in [0.3, 0.4) is 0 Å². The SMILES string of the molecule is Cc1ccc(CC(=O)N2CC(C)NC(C)C2)s1. The first-order chi connectivity index (χ1) is 8.04. The summed E-state index contributed by atoms with van der Waals surface area (Å²) in [5, 5.41) is 3.44. The number of carbonyl (C=O) groups is 1. The van der Waals surface area contributed by atoms with Gasteiger partial charge in [-0.05, 0) is 32.9 Å². The van der Waals surface area contributed by atoms with E-state index in [1.165, 1.54) is 9.75 Å². The van der Waals surface area contributed by atoms with E-state index in [1.807, 2.05) is 4.90 Å². The van der Waals surface area contributed by atoms with Gasteiger partial charge in [-0.25, -0.2) is 0 Å². The Labute approximate surface area is 107 Å². The minimum atomic E-state index is 0.257. The molecule has 17 heavy (non-hydrogen) atoms. The van der Waals surface area contributed by atoms with E-state index >= 15 is 0 Å². The van der Waals surface area contributed by atoms with Gasteiger partial charge in [0.15, 0.2) is 0 Å². The monoisotopic (exact) mass is 252 g/mol. The van der Waals surface area contributed by atoms with Crippen molar-refractivity contribution in [1.29, 1.82) is 0 Å². The number of nitrogens with zero attached hydrogens (tertiary/aromatic N) is 1. The van der Waals surface area contributed by atoms with Gasteiger partial charge in [-0.15, -0.1) is 11.3 Å². The average Bonchev–Trinajstić information content (AvgIpc) is 2.62. The van der Waals surface area contributed by atoms with Gasteiger partial charge >= 0.3 is 0 Å². The minimum Gasteiger partial charge on any atom is -0.339 e. The Morgan fingerprint density at radius 1 is 1.41 bits per heavy atom. The van der Waals surface area contributed by atoms with Crippen LogP contribution in [0.25, 0.3) is 0 Å². The first kappa shape index (κ1) is 12.6. The molecule has 2 atom stereocenters. The zero-order valence-electron chi connectivity index (χ0n) is 10.7. The molecule has 1 aliphatic heterocycles. The summed E-state index contributed by atoms with van der Waals surface area (Å²) in [5.74, 6) is 0.257. The van der Waals surface area contributed by atoms with Gasteiger partial charge in [-0.2, -0.15) is 0 Å². The van der Waals surface area contributed by atoms with Crippen LogP contribution in [-0.2, 0) is 11.2 Å². The smallest absolute Gasteiger partial charge is 0.227 e. The van der Waals surface area contributed by atoms with Gasteiger partial charge in [0.2, 0.25) is 5.91 Å². The molecule has 4 heteroatoms. The van der Waals surface area contributed by atoms with Gasteiger partial charge in [-0.3, -0.25) is 4.79 Å². The van der Waals surface area contributed by atoms with E-state index in [-0.39, 0.29) is 5.91 Å². The van der Waals surface area contributed by atoms with Gasteiger partial charge in [0.1, 0.15) is 0 Å². The largest absolute Gasteiger partial charge is 0.339 e. The van der Waals surface area contributed by atoms with Crippen LogP contribution in [0.2, 0.25) is 0 Å². The van der Waals surface area contributed by atoms with Crippen LogP contribution in [0.5, 0.6) is 0 Å². The highest BCUT2D eigenvalue weighted by Crippen LogP contribution is 2.17. The summed E-state index contributed by atoms with van der Waals surface area (Å²) in [6.45, 7) is 7.99. The number of amides is 1. The van der Waals surface area contributed by atoms with Gasteiger partial charge in [0.05, 0.1) is 6.42 Å². The molecule has 1 aromatic rings. The lowest BCUT2D eigenvalue weighted by molar-refractivity contribution is -0.132. The Bertz CT molecular complexity index is 392. The molecule has 1 N–H and O–H groups in total. The Hall–Kier alpha value is -0.870. The maximum absolute atomic E-state index is 12.2. The standard InChI is InChI=1S/C13H20N2OS/c1-9-7-15(8-10(2)14-9)13(16)6-12-5-4-11(3)17-12/h4-5,9-10,14H,6-8H2,1-3H3. The third-order valence-corrected chi connectivity index (χ3v) is 4.03. The van der Waals surface area contributed by atoms with E-state index in [2.05, 4.69) is 38.2 Å². The third-order valence-electron chi connectivity index (χ3n) is 3.03. The summed E-state index contributed by atoms with van der Waals surface area (Å²) in [5.41, 5.74) is 0. The Morgan fingerprint density at radius 3 is 2.59 bits per heavy atom. The summed E-state index contributed by atoms with van der Waals surface area (Å²) in [6, 6.07) is 4.93. The van der Waals surface area contributed by atoms with Crippen molar-refractivity contribution in [3.05, 3.63) is 21.9 Å². The number of hydrogen-bond acceptors (Lipinski definition) is 3. The number of nitrogens with one attached hydrogen (secondary N) is 1. The molecule has 1 fully saturated rings. The molecule has 2 rings (SSSR count). The van der Waals surface area contributed by atoms with Crippen LogP contribution in [0.15, 0.2) is 12.1 Å². The van der Waals surface area contributed by atoms with Crippen LogP contribution in [0.4, 0.5) is 0 Å². The quantitative estimate of drug-likeness (QED) is 0.870. The average molecular weight is 252 g/mol. The Morgan fingerprint density at radius 2 is 2.06 bits per heavy atom. The molecule has 0 bridgehead atoms. The number of rotatable bonds is 2. The first-order valence-corrected chi connectivity index (χ1v) is 6.95. The number of thiophene rings is 1. The van der Waals surface area contributed by atoms with Crippen LogP contribution in [0.1, 0.15) is 23.6 Å². The lowest BCUT2D eigenvalue weighted by Crippen LogP contribution is -2.56. The summed E-state index contributed by atoms with van der Waals surface area (Å²) < 4.78 is 0. The minimum absolute atomic E-state index is 0.257. The fourth-order valence-corrected chi connectivity index (χ4v) is 3.25. The molecule has 0 spiro atoms. The molecule has 0 aliphatic carbocycles. The maximum atomic E-state index is 12.2. The van der Waals surface area contributed by atoms with E-state index < -0.39 is 0 Å². The molecule has 1 aromatic heterocycles. The Kier molecular flexibility index (Phi) is 3.84. The molecule has 1 amide bonds. The highest BCUT2D eigenvalue weighted by atomic mass is 32.1. The van der Waals surface area contributed by atoms with E-state index in [1.54, 1.807) is 11.3 Å². The third kappa shape index (κ3) is 3.30. The highest BCUT2D eigenvalue weighted by molar-refractivity contribution is 7.12.